The molecule has 1 atom stereocenters. The summed E-state index contributed by atoms with van der Waals surface area (Å²) in [6.07, 6.45) is 3.01. The fourth-order valence-corrected chi connectivity index (χ4v) is 3.94. The average Bonchev–Trinajstić information content (AvgIpc) is 2.97. The van der Waals surface area contributed by atoms with Gasteiger partial charge in [0.25, 0.3) is 10.0 Å². The number of nitrogens with two attached hydrogens (primary N) is 1. The molecule has 0 fully saturated rings. The fraction of sp³-hybridized carbons (Fsp3) is 0.250. The Kier molecular flexibility index (Phi) is 3.12. The van der Waals surface area contributed by atoms with Crippen molar-refractivity contribution in [2.75, 3.05) is 5.75 Å². The molecule has 0 spiro atoms. The first kappa shape index (κ1) is 12.7. The van der Waals surface area contributed by atoms with Crippen LogP contribution in [0.5, 0.6) is 0 Å². The Morgan fingerprint density at radius 1 is 1.42 bits per heavy atom. The maximum Gasteiger partial charge on any atom is 0.257 e. The van der Waals surface area contributed by atoms with Crippen LogP contribution < -0.4 is 5.14 Å². The highest BCUT2D eigenvalue weighted by molar-refractivity contribution is 7.99. The summed E-state index contributed by atoms with van der Waals surface area (Å²) in [5.41, 5.74) is 1.32. The average molecular weight is 295 g/mol. The molecule has 5 nitrogen and oxygen atoms in total. The van der Waals surface area contributed by atoms with E-state index in [4.69, 9.17) is 5.14 Å². The predicted molar refractivity (Wildman–Crippen MR) is 73.5 cm³/mol. The minimum Gasteiger partial charge on any atom is -0.335 e. The quantitative estimate of drug-likeness (QED) is 0.929. The van der Waals surface area contributed by atoms with Crippen molar-refractivity contribution in [3.8, 4) is 0 Å². The van der Waals surface area contributed by atoms with Crippen molar-refractivity contribution in [3.63, 3.8) is 0 Å². The van der Waals surface area contributed by atoms with Crippen LogP contribution in [0.3, 0.4) is 0 Å². The van der Waals surface area contributed by atoms with Crippen LogP contribution in [-0.2, 0) is 16.6 Å². The van der Waals surface area contributed by atoms with E-state index < -0.39 is 10.0 Å². The van der Waals surface area contributed by atoms with Gasteiger partial charge in [-0.1, -0.05) is 18.2 Å². The zero-order chi connectivity index (χ0) is 13.5. The van der Waals surface area contributed by atoms with Gasteiger partial charge in [-0.2, -0.15) is 0 Å². The third-order valence-corrected chi connectivity index (χ3v) is 5.18. The van der Waals surface area contributed by atoms with Crippen LogP contribution in [0.4, 0.5) is 0 Å². The van der Waals surface area contributed by atoms with Gasteiger partial charge in [0.2, 0.25) is 0 Å². The number of sulfonamides is 1. The van der Waals surface area contributed by atoms with Gasteiger partial charge in [0.1, 0.15) is 0 Å². The van der Waals surface area contributed by atoms with E-state index in [2.05, 4.69) is 17.1 Å². The van der Waals surface area contributed by atoms with Crippen molar-refractivity contribution in [2.24, 2.45) is 5.14 Å². The summed E-state index contributed by atoms with van der Waals surface area (Å²) in [5, 5.41) is 4.97. The molecule has 0 saturated heterocycles. The van der Waals surface area contributed by atoms with Gasteiger partial charge in [0, 0.05) is 29.3 Å². The molecular weight excluding hydrogens is 282 g/mol. The highest BCUT2D eigenvalue weighted by Gasteiger charge is 2.23. The summed E-state index contributed by atoms with van der Waals surface area (Å²) in [4.78, 5) is 5.13. The lowest BCUT2D eigenvalue weighted by Crippen LogP contribution is -2.12. The molecule has 0 aliphatic carbocycles. The highest BCUT2D eigenvalue weighted by atomic mass is 32.2. The molecule has 1 unspecified atom stereocenters. The second kappa shape index (κ2) is 4.66. The van der Waals surface area contributed by atoms with E-state index in [1.165, 1.54) is 23.0 Å². The van der Waals surface area contributed by atoms with Crippen LogP contribution in [0.15, 0.2) is 46.7 Å². The van der Waals surface area contributed by atoms with Crippen LogP contribution in [0.1, 0.15) is 11.5 Å². The summed E-state index contributed by atoms with van der Waals surface area (Å²) in [6, 6.07) is 8.30. The maximum atomic E-state index is 11.2. The molecular formula is C12H13N3O2S2. The molecule has 2 N–H and O–H groups in total. The Labute approximate surface area is 115 Å². The van der Waals surface area contributed by atoms with Gasteiger partial charge in [-0.25, -0.2) is 18.5 Å². The second-order valence-electron chi connectivity index (χ2n) is 4.50. The van der Waals surface area contributed by atoms with Gasteiger partial charge < -0.3 is 4.57 Å². The minimum atomic E-state index is -3.71. The molecule has 0 saturated carbocycles. The molecule has 2 aromatic rings. The Hall–Kier alpha value is -1.31. The Morgan fingerprint density at radius 3 is 2.95 bits per heavy atom. The van der Waals surface area contributed by atoms with Crippen molar-refractivity contribution >= 4 is 21.8 Å². The van der Waals surface area contributed by atoms with Crippen LogP contribution in [0.25, 0.3) is 0 Å². The van der Waals surface area contributed by atoms with Gasteiger partial charge >= 0.3 is 0 Å². The summed E-state index contributed by atoms with van der Waals surface area (Å²) in [6.45, 7) is 0.715. The number of nitrogens with zero attached hydrogens (tertiary/aromatic N) is 2. The van der Waals surface area contributed by atoms with E-state index in [0.717, 1.165) is 5.75 Å². The van der Waals surface area contributed by atoms with Gasteiger partial charge in [0.05, 0.1) is 6.33 Å². The van der Waals surface area contributed by atoms with Crippen molar-refractivity contribution in [1.29, 1.82) is 0 Å². The number of fused-ring (bicyclic) bond motifs is 1. The molecule has 0 radical (unpaired) electrons. The molecule has 0 amide bonds. The highest BCUT2D eigenvalue weighted by Crippen LogP contribution is 2.39. The van der Waals surface area contributed by atoms with E-state index in [9.17, 15) is 8.42 Å². The molecule has 7 heteroatoms. The lowest BCUT2D eigenvalue weighted by atomic mass is 10.0. The standard InChI is InChI=1S/C12H13N3O2S2/c13-19(16,17)12-6-15(8-14-12)5-9-7-18-11-4-2-1-3-10(9)11/h1-4,6,8-9H,5,7H2,(H2,13,16,17). The van der Waals surface area contributed by atoms with E-state index in [0.29, 0.717) is 12.5 Å². The smallest absolute Gasteiger partial charge is 0.257 e. The van der Waals surface area contributed by atoms with Crippen LogP contribution in [0.2, 0.25) is 0 Å². The maximum absolute atomic E-state index is 11.2. The van der Waals surface area contributed by atoms with E-state index in [1.807, 2.05) is 23.9 Å². The molecule has 1 aromatic heterocycles. The normalized spacial score (nSPS) is 18.5. The second-order valence-corrected chi connectivity index (χ2v) is 7.07. The Balaban J connectivity index is 1.82. The molecule has 0 bridgehead atoms. The van der Waals surface area contributed by atoms with Crippen LogP contribution >= 0.6 is 11.8 Å². The summed E-state index contributed by atoms with van der Waals surface area (Å²) in [5.74, 6) is 1.38. The number of aromatic nitrogens is 2. The summed E-state index contributed by atoms with van der Waals surface area (Å²) < 4.78 is 24.1. The number of benzene rings is 1. The number of primary sulfonamides is 1. The predicted octanol–water partition coefficient (Wildman–Crippen LogP) is 1.42. The topological polar surface area (TPSA) is 78.0 Å². The number of thioether (sulfide) groups is 1. The molecule has 1 aliphatic rings. The summed E-state index contributed by atoms with van der Waals surface area (Å²) >= 11 is 1.83. The first-order chi connectivity index (χ1) is 9.04. The van der Waals surface area contributed by atoms with Gasteiger partial charge in [-0.15, -0.1) is 11.8 Å². The minimum absolute atomic E-state index is 0.0774. The van der Waals surface area contributed by atoms with Gasteiger partial charge in [-0.3, -0.25) is 0 Å². The number of rotatable bonds is 3. The molecule has 3 rings (SSSR count). The molecule has 1 aromatic carbocycles. The van der Waals surface area contributed by atoms with Crippen molar-refractivity contribution < 1.29 is 8.42 Å². The third kappa shape index (κ3) is 2.54. The third-order valence-electron chi connectivity index (χ3n) is 3.13. The van der Waals surface area contributed by atoms with E-state index in [-0.39, 0.29) is 5.03 Å². The lowest BCUT2D eigenvalue weighted by molar-refractivity contribution is 0.591. The van der Waals surface area contributed by atoms with Crippen LogP contribution in [0, 0.1) is 0 Å². The SMILES string of the molecule is NS(=O)(=O)c1cn(CC2CSc3ccccc32)cn1. The number of imidazole rings is 1. The number of hydrogen-bond acceptors (Lipinski definition) is 4. The monoisotopic (exact) mass is 295 g/mol. The first-order valence-corrected chi connectivity index (χ1v) is 8.33. The zero-order valence-corrected chi connectivity index (χ0v) is 11.7. The lowest BCUT2D eigenvalue weighted by Gasteiger charge is -2.10. The molecule has 100 valence electrons. The fourth-order valence-electron chi connectivity index (χ4n) is 2.22. The Morgan fingerprint density at radius 2 is 2.21 bits per heavy atom. The first-order valence-electron chi connectivity index (χ1n) is 5.80. The zero-order valence-electron chi connectivity index (χ0n) is 10.1. The summed E-state index contributed by atoms with van der Waals surface area (Å²) in [7, 11) is -3.71. The largest absolute Gasteiger partial charge is 0.335 e. The van der Waals surface area contributed by atoms with Crippen molar-refractivity contribution in [3.05, 3.63) is 42.4 Å². The Bertz CT molecular complexity index is 709. The van der Waals surface area contributed by atoms with Crippen molar-refractivity contribution in [1.82, 2.24) is 9.55 Å². The van der Waals surface area contributed by atoms with Crippen LogP contribution in [-0.4, -0.2) is 23.7 Å². The van der Waals surface area contributed by atoms with Gasteiger partial charge in [-0.05, 0) is 11.6 Å². The molecule has 19 heavy (non-hydrogen) atoms. The number of hydrogen-bond donors (Lipinski definition) is 1. The van der Waals surface area contributed by atoms with Gasteiger partial charge in [0.15, 0.2) is 5.03 Å². The van der Waals surface area contributed by atoms with Crippen molar-refractivity contribution in [2.45, 2.75) is 22.4 Å². The molecule has 1 aliphatic heterocycles. The molecule has 2 heterocycles. The van der Waals surface area contributed by atoms with E-state index in [1.54, 1.807) is 4.57 Å². The van der Waals surface area contributed by atoms with E-state index >= 15 is 0 Å².